The molecule has 0 unspecified atom stereocenters. The van der Waals surface area contributed by atoms with E-state index in [1.54, 1.807) is 0 Å². The molecule has 1 amide bonds. The Bertz CT molecular complexity index is 453. The molecule has 7 heteroatoms. The van der Waals surface area contributed by atoms with Crippen LogP contribution in [0.2, 0.25) is 18.1 Å². The molecule has 0 radical (unpaired) electrons. The highest BCUT2D eigenvalue weighted by atomic mass is 28.4. The minimum atomic E-state index is -1.99. The van der Waals surface area contributed by atoms with Crippen LogP contribution in [0.3, 0.4) is 0 Å². The highest BCUT2D eigenvalue weighted by Crippen LogP contribution is 2.37. The molecular weight excluding hydrogens is 290 g/mol. The maximum atomic E-state index is 11.3. The summed E-state index contributed by atoms with van der Waals surface area (Å²) in [6, 6.07) is -0.437. The molecular formula is C14H25NO5Si. The average molecular weight is 315 g/mol. The monoisotopic (exact) mass is 315 g/mol. The van der Waals surface area contributed by atoms with Gasteiger partial charge in [0.25, 0.3) is 0 Å². The van der Waals surface area contributed by atoms with Crippen molar-refractivity contribution in [2.24, 2.45) is 0 Å². The van der Waals surface area contributed by atoms with E-state index < -0.39 is 26.4 Å². The van der Waals surface area contributed by atoms with Crippen LogP contribution < -0.4 is 0 Å². The number of carbonyl (C=O) groups is 2. The Kier molecular flexibility index (Phi) is 5.22. The van der Waals surface area contributed by atoms with E-state index in [1.807, 2.05) is 0 Å². The predicted molar refractivity (Wildman–Crippen MR) is 82.0 cm³/mol. The van der Waals surface area contributed by atoms with Crippen molar-refractivity contribution >= 4 is 20.4 Å². The molecule has 21 heavy (non-hydrogen) atoms. The lowest BCUT2D eigenvalue weighted by Gasteiger charge is -2.39. The zero-order valence-electron chi connectivity index (χ0n) is 13.3. The Labute approximate surface area is 126 Å². The van der Waals surface area contributed by atoms with Crippen LogP contribution >= 0.6 is 0 Å². The summed E-state index contributed by atoms with van der Waals surface area (Å²) < 4.78 is 6.06. The van der Waals surface area contributed by atoms with Crippen molar-refractivity contribution in [3.8, 4) is 0 Å². The summed E-state index contributed by atoms with van der Waals surface area (Å²) in [6.45, 7) is 10.9. The molecule has 1 aliphatic rings. The van der Waals surface area contributed by atoms with E-state index in [0.717, 1.165) is 0 Å². The molecule has 0 aromatic carbocycles. The Hall–Kier alpha value is -1.34. The van der Waals surface area contributed by atoms with Gasteiger partial charge in [0.2, 0.25) is 0 Å². The third kappa shape index (κ3) is 4.31. The Balaban J connectivity index is 2.81. The number of aliphatic carboxylic acids is 1. The van der Waals surface area contributed by atoms with Crippen LogP contribution in [-0.4, -0.2) is 54.7 Å². The number of hydrogen-bond donors (Lipinski definition) is 2. The number of carboxylic acid groups (broad SMARTS) is 2. The van der Waals surface area contributed by atoms with Crippen molar-refractivity contribution in [2.45, 2.75) is 51.4 Å². The molecule has 0 aromatic rings. The van der Waals surface area contributed by atoms with E-state index in [0.29, 0.717) is 0 Å². The quantitative estimate of drug-likeness (QED) is 0.779. The molecule has 120 valence electrons. The lowest BCUT2D eigenvalue weighted by molar-refractivity contribution is -0.133. The minimum Gasteiger partial charge on any atom is -0.478 e. The van der Waals surface area contributed by atoms with E-state index in [-0.39, 0.29) is 30.2 Å². The van der Waals surface area contributed by atoms with Crippen molar-refractivity contribution in [1.82, 2.24) is 4.90 Å². The van der Waals surface area contributed by atoms with Gasteiger partial charge in [-0.25, -0.2) is 9.59 Å². The fourth-order valence-corrected chi connectivity index (χ4v) is 2.93. The van der Waals surface area contributed by atoms with Crippen LogP contribution in [0, 0.1) is 0 Å². The third-order valence-electron chi connectivity index (χ3n) is 4.39. The van der Waals surface area contributed by atoms with Gasteiger partial charge in [0, 0.05) is 18.5 Å². The largest absolute Gasteiger partial charge is 0.478 e. The highest BCUT2D eigenvalue weighted by Gasteiger charge is 2.39. The normalized spacial score (nSPS) is 20.1. The van der Waals surface area contributed by atoms with Crippen LogP contribution in [0.4, 0.5) is 4.79 Å². The topological polar surface area (TPSA) is 87.1 Å². The number of hydrogen-bond acceptors (Lipinski definition) is 3. The third-order valence-corrected chi connectivity index (χ3v) is 8.89. The summed E-state index contributed by atoms with van der Waals surface area (Å²) in [4.78, 5) is 23.6. The number of nitrogens with zero attached hydrogens (tertiary/aromatic N) is 1. The number of rotatable bonds is 4. The standard InChI is InChI=1S/C14H25NO5Si/c1-14(2,3)21(4,5)20-9-11-8-10(12(16)17)6-7-15(11)13(18)19/h6,11H,7-9H2,1-5H3,(H,16,17)(H,18,19)/t11-/m1/s1. The first-order valence-corrected chi connectivity index (χ1v) is 9.92. The minimum absolute atomic E-state index is 0.0290. The Morgan fingerprint density at radius 2 is 1.95 bits per heavy atom. The van der Waals surface area contributed by atoms with Gasteiger partial charge in [0.15, 0.2) is 8.32 Å². The molecule has 0 bridgehead atoms. The summed E-state index contributed by atoms with van der Waals surface area (Å²) >= 11 is 0. The lowest BCUT2D eigenvalue weighted by atomic mass is 10.0. The van der Waals surface area contributed by atoms with Gasteiger partial charge in [0.1, 0.15) is 0 Å². The molecule has 0 aliphatic carbocycles. The summed E-state index contributed by atoms with van der Waals surface area (Å²) in [5, 5.41) is 18.3. The molecule has 6 nitrogen and oxygen atoms in total. The first-order valence-electron chi connectivity index (χ1n) is 7.01. The molecule has 0 saturated carbocycles. The SMILES string of the molecule is CC(C)(C)[Si](C)(C)OC[C@H]1CC(C(=O)O)=CCN1C(=O)O. The van der Waals surface area contributed by atoms with Crippen LogP contribution in [0.15, 0.2) is 11.6 Å². The summed E-state index contributed by atoms with van der Waals surface area (Å²) in [5.74, 6) is -0.989. The molecule has 0 saturated heterocycles. The van der Waals surface area contributed by atoms with Gasteiger partial charge in [-0.15, -0.1) is 0 Å². The second kappa shape index (κ2) is 6.19. The van der Waals surface area contributed by atoms with Crippen LogP contribution in [0.1, 0.15) is 27.2 Å². The second-order valence-electron chi connectivity index (χ2n) is 6.90. The van der Waals surface area contributed by atoms with Gasteiger partial charge >= 0.3 is 12.1 Å². The zero-order chi connectivity index (χ0) is 16.4. The van der Waals surface area contributed by atoms with Gasteiger partial charge in [-0.1, -0.05) is 26.8 Å². The first-order chi connectivity index (χ1) is 9.45. The van der Waals surface area contributed by atoms with E-state index in [9.17, 15) is 14.7 Å². The molecule has 1 heterocycles. The summed E-state index contributed by atoms with van der Waals surface area (Å²) in [5.41, 5.74) is 0.260. The lowest BCUT2D eigenvalue weighted by Crippen LogP contribution is -2.49. The zero-order valence-corrected chi connectivity index (χ0v) is 14.3. The smallest absolute Gasteiger partial charge is 0.407 e. The van der Waals surface area contributed by atoms with E-state index in [4.69, 9.17) is 9.53 Å². The molecule has 1 rings (SSSR count). The van der Waals surface area contributed by atoms with Crippen molar-refractivity contribution in [3.05, 3.63) is 11.6 Å². The molecule has 0 fully saturated rings. The van der Waals surface area contributed by atoms with Gasteiger partial charge < -0.3 is 14.6 Å². The van der Waals surface area contributed by atoms with E-state index in [2.05, 4.69) is 33.9 Å². The molecule has 1 aliphatic heterocycles. The van der Waals surface area contributed by atoms with Crippen LogP contribution in [0.5, 0.6) is 0 Å². The van der Waals surface area contributed by atoms with E-state index in [1.165, 1.54) is 11.0 Å². The molecule has 2 N–H and O–H groups in total. The molecule has 0 spiro atoms. The van der Waals surface area contributed by atoms with Crippen molar-refractivity contribution in [3.63, 3.8) is 0 Å². The Morgan fingerprint density at radius 3 is 2.38 bits per heavy atom. The second-order valence-corrected chi connectivity index (χ2v) is 11.7. The fraction of sp³-hybridized carbons (Fsp3) is 0.714. The van der Waals surface area contributed by atoms with E-state index >= 15 is 0 Å². The van der Waals surface area contributed by atoms with Gasteiger partial charge in [0.05, 0.1) is 12.6 Å². The van der Waals surface area contributed by atoms with Gasteiger partial charge in [-0.3, -0.25) is 4.90 Å². The van der Waals surface area contributed by atoms with Crippen molar-refractivity contribution < 1.29 is 24.2 Å². The summed E-state index contributed by atoms with van der Waals surface area (Å²) in [7, 11) is -1.99. The average Bonchev–Trinajstić information content (AvgIpc) is 2.34. The highest BCUT2D eigenvalue weighted by molar-refractivity contribution is 6.74. The molecule has 1 atom stereocenters. The maximum Gasteiger partial charge on any atom is 0.407 e. The van der Waals surface area contributed by atoms with Gasteiger partial charge in [-0.2, -0.15) is 0 Å². The van der Waals surface area contributed by atoms with Crippen molar-refractivity contribution in [2.75, 3.05) is 13.2 Å². The van der Waals surface area contributed by atoms with Crippen molar-refractivity contribution in [1.29, 1.82) is 0 Å². The summed E-state index contributed by atoms with van der Waals surface area (Å²) in [6.07, 6.45) is 0.606. The Morgan fingerprint density at radius 1 is 1.38 bits per heavy atom. The first kappa shape index (κ1) is 17.7. The number of carboxylic acids is 1. The van der Waals surface area contributed by atoms with Gasteiger partial charge in [-0.05, 0) is 18.1 Å². The number of amides is 1. The fourth-order valence-electron chi connectivity index (χ4n) is 1.88. The molecule has 0 aromatic heterocycles. The van der Waals surface area contributed by atoms with Crippen LogP contribution in [0.25, 0.3) is 0 Å². The van der Waals surface area contributed by atoms with Crippen LogP contribution in [-0.2, 0) is 9.22 Å². The predicted octanol–water partition coefficient (Wildman–Crippen LogP) is 2.77. The maximum absolute atomic E-state index is 11.3.